The number of para-hydroxylation sites is 1. The van der Waals surface area contributed by atoms with Crippen LogP contribution in [0.5, 0.6) is 0 Å². The molecule has 0 spiro atoms. The first kappa shape index (κ1) is 23.8. The average Bonchev–Trinajstić information content (AvgIpc) is 3.35. The van der Waals surface area contributed by atoms with Gasteiger partial charge in [-0.05, 0) is 68.8 Å². The maximum Gasteiger partial charge on any atom is 0.267 e. The molecule has 5 rings (SSSR count). The number of rotatable bonds is 5. The van der Waals surface area contributed by atoms with Gasteiger partial charge in [0.15, 0.2) is 0 Å². The van der Waals surface area contributed by atoms with Crippen LogP contribution in [0.1, 0.15) is 37.0 Å². The van der Waals surface area contributed by atoms with Crippen LogP contribution < -0.4 is 10.6 Å². The Balaban J connectivity index is 1.30. The normalized spacial score (nSPS) is 11.0. The van der Waals surface area contributed by atoms with Crippen molar-refractivity contribution in [2.45, 2.75) is 20.8 Å². The molecule has 5 aromatic rings. The molecule has 0 unspecified atom stereocenters. The van der Waals surface area contributed by atoms with Crippen LogP contribution >= 0.6 is 22.9 Å². The number of fused-ring (bicyclic) bond motifs is 1. The maximum absolute atomic E-state index is 12.9. The lowest BCUT2D eigenvalue weighted by atomic mass is 10.1. The van der Waals surface area contributed by atoms with E-state index in [1.165, 1.54) is 11.3 Å². The highest BCUT2D eigenvalue weighted by atomic mass is 35.5. The van der Waals surface area contributed by atoms with Crippen molar-refractivity contribution >= 4 is 56.2 Å². The molecule has 8 heteroatoms. The molecule has 2 N–H and O–H groups in total. The van der Waals surface area contributed by atoms with Gasteiger partial charge < -0.3 is 10.6 Å². The Bertz CT molecular complexity index is 1600. The lowest BCUT2D eigenvalue weighted by Crippen LogP contribution is -2.14. The molecular weight excluding hydrogens is 492 g/mol. The van der Waals surface area contributed by atoms with Gasteiger partial charge in [0, 0.05) is 21.3 Å². The van der Waals surface area contributed by atoms with E-state index < -0.39 is 0 Å². The zero-order chi connectivity index (χ0) is 25.4. The molecule has 3 aromatic carbocycles. The van der Waals surface area contributed by atoms with Crippen LogP contribution in [0.3, 0.4) is 0 Å². The number of thiophene rings is 1. The standard InChI is InChI=1S/C28H23ClN4O2S/c1-16-9-14-22-23(15-16)36-26(24(22)29)28(35)30-20-12-10-19(11-13-20)27(34)31-25-17(2)32-33(18(25)3)21-7-5-4-6-8-21/h4-15H,1-3H3,(H,30,35)(H,31,34). The Hall–Kier alpha value is -3.94. The fourth-order valence-electron chi connectivity index (χ4n) is 4.04. The van der Waals surface area contributed by atoms with Crippen LogP contribution in [0.25, 0.3) is 15.8 Å². The number of amides is 2. The van der Waals surface area contributed by atoms with E-state index in [2.05, 4.69) is 15.7 Å². The summed E-state index contributed by atoms with van der Waals surface area (Å²) in [4.78, 5) is 26.3. The smallest absolute Gasteiger partial charge is 0.267 e. The quantitative estimate of drug-likeness (QED) is 0.261. The summed E-state index contributed by atoms with van der Waals surface area (Å²) >= 11 is 7.83. The third-order valence-corrected chi connectivity index (χ3v) is 7.58. The van der Waals surface area contributed by atoms with E-state index in [-0.39, 0.29) is 11.8 Å². The number of aromatic nitrogens is 2. The molecule has 0 aliphatic heterocycles. The Kier molecular flexibility index (Phi) is 6.35. The number of hydrogen-bond donors (Lipinski definition) is 2. The maximum atomic E-state index is 12.9. The first-order valence-corrected chi connectivity index (χ1v) is 12.5. The summed E-state index contributed by atoms with van der Waals surface area (Å²) in [6, 6.07) is 22.4. The van der Waals surface area contributed by atoms with Gasteiger partial charge in [-0.2, -0.15) is 5.10 Å². The monoisotopic (exact) mass is 514 g/mol. The minimum absolute atomic E-state index is 0.255. The third kappa shape index (κ3) is 4.51. The molecule has 0 bridgehead atoms. The molecule has 0 saturated carbocycles. The zero-order valence-electron chi connectivity index (χ0n) is 19.9. The van der Waals surface area contributed by atoms with Crippen molar-refractivity contribution in [1.82, 2.24) is 9.78 Å². The SMILES string of the molecule is Cc1ccc2c(Cl)c(C(=O)Nc3ccc(C(=O)Nc4c(C)nn(-c5ccccc5)c4C)cc3)sc2c1. The number of carbonyl (C=O) groups is 2. The molecule has 0 radical (unpaired) electrons. The van der Waals surface area contributed by atoms with E-state index in [4.69, 9.17) is 11.6 Å². The van der Waals surface area contributed by atoms with Gasteiger partial charge in [-0.25, -0.2) is 4.68 Å². The second-order valence-electron chi connectivity index (χ2n) is 8.52. The molecule has 2 aromatic heterocycles. The van der Waals surface area contributed by atoms with Crippen molar-refractivity contribution in [1.29, 1.82) is 0 Å². The van der Waals surface area contributed by atoms with Crippen molar-refractivity contribution in [2.24, 2.45) is 0 Å². The fourth-order valence-corrected chi connectivity index (χ4v) is 5.55. The van der Waals surface area contributed by atoms with E-state index in [1.807, 2.05) is 74.0 Å². The molecule has 0 fully saturated rings. The molecule has 0 atom stereocenters. The van der Waals surface area contributed by atoms with Crippen molar-refractivity contribution in [3.8, 4) is 5.69 Å². The number of halogens is 1. The van der Waals surface area contributed by atoms with E-state index in [9.17, 15) is 9.59 Å². The molecule has 2 heterocycles. The molecule has 2 amide bonds. The summed E-state index contributed by atoms with van der Waals surface area (Å²) in [5, 5.41) is 11.7. The lowest BCUT2D eigenvalue weighted by molar-refractivity contribution is 0.102. The largest absolute Gasteiger partial charge is 0.321 e. The molecule has 0 saturated heterocycles. The number of anilines is 2. The van der Waals surface area contributed by atoms with E-state index in [0.29, 0.717) is 26.8 Å². The summed E-state index contributed by atoms with van der Waals surface area (Å²) in [6.07, 6.45) is 0. The van der Waals surface area contributed by atoms with Crippen molar-refractivity contribution in [2.75, 3.05) is 10.6 Å². The Labute approximate surface area is 217 Å². The molecular formula is C28H23ClN4O2S. The number of aryl methyl sites for hydroxylation is 2. The van der Waals surface area contributed by atoms with Crippen LogP contribution in [0, 0.1) is 20.8 Å². The zero-order valence-corrected chi connectivity index (χ0v) is 21.5. The Morgan fingerprint density at radius 1 is 0.889 bits per heavy atom. The minimum atomic E-state index is -0.282. The Morgan fingerprint density at radius 2 is 1.61 bits per heavy atom. The van der Waals surface area contributed by atoms with Gasteiger partial charge in [0.2, 0.25) is 0 Å². The van der Waals surface area contributed by atoms with Crippen molar-refractivity contribution in [3.05, 3.63) is 105 Å². The van der Waals surface area contributed by atoms with E-state index in [1.54, 1.807) is 24.3 Å². The average molecular weight is 515 g/mol. The van der Waals surface area contributed by atoms with Crippen LogP contribution in [0.2, 0.25) is 5.02 Å². The van der Waals surface area contributed by atoms with Crippen LogP contribution in [0.4, 0.5) is 11.4 Å². The van der Waals surface area contributed by atoms with Gasteiger partial charge in [-0.15, -0.1) is 11.3 Å². The molecule has 0 aliphatic carbocycles. The van der Waals surface area contributed by atoms with Gasteiger partial charge >= 0.3 is 0 Å². The highest BCUT2D eigenvalue weighted by molar-refractivity contribution is 7.21. The van der Waals surface area contributed by atoms with Gasteiger partial charge in [-0.3, -0.25) is 9.59 Å². The van der Waals surface area contributed by atoms with Crippen molar-refractivity contribution in [3.63, 3.8) is 0 Å². The molecule has 6 nitrogen and oxygen atoms in total. The lowest BCUT2D eigenvalue weighted by Gasteiger charge is -2.08. The second kappa shape index (κ2) is 9.60. The Morgan fingerprint density at radius 3 is 2.33 bits per heavy atom. The molecule has 36 heavy (non-hydrogen) atoms. The highest BCUT2D eigenvalue weighted by Crippen LogP contribution is 2.36. The van der Waals surface area contributed by atoms with E-state index >= 15 is 0 Å². The predicted octanol–water partition coefficient (Wildman–Crippen LogP) is 7.17. The molecule has 0 aliphatic rings. The summed E-state index contributed by atoms with van der Waals surface area (Å²) in [6.45, 7) is 5.78. The summed E-state index contributed by atoms with van der Waals surface area (Å²) in [5.74, 6) is -0.537. The number of benzene rings is 3. The summed E-state index contributed by atoms with van der Waals surface area (Å²) in [5.41, 5.74) is 5.32. The summed E-state index contributed by atoms with van der Waals surface area (Å²) < 4.78 is 2.78. The first-order valence-electron chi connectivity index (χ1n) is 11.3. The predicted molar refractivity (Wildman–Crippen MR) is 147 cm³/mol. The summed E-state index contributed by atoms with van der Waals surface area (Å²) in [7, 11) is 0. The van der Waals surface area contributed by atoms with Crippen LogP contribution in [-0.4, -0.2) is 21.6 Å². The van der Waals surface area contributed by atoms with Gasteiger partial charge in [0.1, 0.15) is 4.88 Å². The minimum Gasteiger partial charge on any atom is -0.321 e. The second-order valence-corrected chi connectivity index (χ2v) is 9.95. The van der Waals surface area contributed by atoms with Gasteiger partial charge in [0.05, 0.1) is 27.8 Å². The van der Waals surface area contributed by atoms with Gasteiger partial charge in [0.25, 0.3) is 11.8 Å². The van der Waals surface area contributed by atoms with E-state index in [0.717, 1.165) is 32.7 Å². The number of nitrogens with one attached hydrogen (secondary N) is 2. The number of hydrogen-bond acceptors (Lipinski definition) is 4. The van der Waals surface area contributed by atoms with Crippen molar-refractivity contribution < 1.29 is 9.59 Å². The number of carbonyl (C=O) groups excluding carboxylic acids is 2. The first-order chi connectivity index (χ1) is 17.3. The van der Waals surface area contributed by atoms with Gasteiger partial charge in [-0.1, -0.05) is 41.9 Å². The van der Waals surface area contributed by atoms with Crippen LogP contribution in [0.15, 0.2) is 72.8 Å². The molecule has 180 valence electrons. The third-order valence-electron chi connectivity index (χ3n) is 5.93. The highest BCUT2D eigenvalue weighted by Gasteiger charge is 2.19. The fraction of sp³-hybridized carbons (Fsp3) is 0.107. The number of nitrogens with zero attached hydrogens (tertiary/aromatic N) is 2. The topological polar surface area (TPSA) is 76.0 Å². The van der Waals surface area contributed by atoms with Crippen LogP contribution in [-0.2, 0) is 0 Å².